The Hall–Kier alpha value is -2.86. The van der Waals surface area contributed by atoms with Crippen LogP contribution in [0.3, 0.4) is 0 Å². The Morgan fingerprint density at radius 3 is 2.61 bits per heavy atom. The summed E-state index contributed by atoms with van der Waals surface area (Å²) in [6, 6.07) is 24.2. The number of hydrogen-bond donors (Lipinski definition) is 1. The molecule has 0 saturated carbocycles. The standard InChI is InChI=1S/C32H38ClNO4/c1-4-37-31(36)32(2,3)38-29-17-16-24-12-9-15-28(19-26(24)20-29)34(21-23-10-6-5-7-11-23)22-30(35)25-13-8-14-27(33)18-25/h5-8,10-11,13-14,16-18,20,28,30,35H,4,9,12,15,19,21-22H2,1-3H3/t28?,30-/m0/s1. The lowest BCUT2D eigenvalue weighted by atomic mass is 9.99. The first kappa shape index (κ1) is 28.2. The number of fused-ring (bicyclic) bond motifs is 1. The third kappa shape index (κ3) is 7.37. The number of benzene rings is 3. The first-order valence-corrected chi connectivity index (χ1v) is 13.8. The Morgan fingerprint density at radius 1 is 1.08 bits per heavy atom. The van der Waals surface area contributed by atoms with Crippen molar-refractivity contribution >= 4 is 17.6 Å². The number of carbonyl (C=O) groups excluding carboxylic acids is 1. The second-order valence-electron chi connectivity index (χ2n) is 10.5. The molecule has 1 N–H and O–H groups in total. The normalized spacial score (nSPS) is 16.4. The predicted molar refractivity (Wildman–Crippen MR) is 151 cm³/mol. The second kappa shape index (κ2) is 12.8. The van der Waals surface area contributed by atoms with Crippen LogP contribution in [0, 0.1) is 0 Å². The van der Waals surface area contributed by atoms with Crippen LogP contribution >= 0.6 is 11.6 Å². The van der Waals surface area contributed by atoms with Crippen LogP contribution in [0.4, 0.5) is 0 Å². The number of aryl methyl sites for hydroxylation is 1. The van der Waals surface area contributed by atoms with Crippen molar-refractivity contribution in [1.82, 2.24) is 4.90 Å². The van der Waals surface area contributed by atoms with Crippen LogP contribution < -0.4 is 4.74 Å². The van der Waals surface area contributed by atoms with Gasteiger partial charge in [0.25, 0.3) is 0 Å². The van der Waals surface area contributed by atoms with Gasteiger partial charge in [0.2, 0.25) is 0 Å². The predicted octanol–water partition coefficient (Wildman–Crippen LogP) is 6.54. The van der Waals surface area contributed by atoms with E-state index in [2.05, 4.69) is 41.3 Å². The fourth-order valence-electron chi connectivity index (χ4n) is 5.14. The van der Waals surface area contributed by atoms with Crippen molar-refractivity contribution in [3.8, 4) is 5.75 Å². The maximum Gasteiger partial charge on any atom is 0.349 e. The summed E-state index contributed by atoms with van der Waals surface area (Å²) in [6.45, 7) is 6.82. The molecular formula is C32H38ClNO4. The molecule has 1 aliphatic carbocycles. The van der Waals surface area contributed by atoms with Gasteiger partial charge in [0.1, 0.15) is 5.75 Å². The van der Waals surface area contributed by atoms with Crippen LogP contribution in [-0.2, 0) is 28.9 Å². The lowest BCUT2D eigenvalue weighted by Crippen LogP contribution is -2.40. The van der Waals surface area contributed by atoms with Crippen LogP contribution in [0.5, 0.6) is 5.75 Å². The van der Waals surface area contributed by atoms with Gasteiger partial charge in [0.05, 0.1) is 12.7 Å². The van der Waals surface area contributed by atoms with Crippen LogP contribution in [-0.4, -0.2) is 40.8 Å². The summed E-state index contributed by atoms with van der Waals surface area (Å²) in [6.07, 6.45) is 3.25. The van der Waals surface area contributed by atoms with E-state index in [1.807, 2.05) is 36.4 Å². The zero-order valence-corrected chi connectivity index (χ0v) is 23.3. The zero-order valence-electron chi connectivity index (χ0n) is 22.5. The summed E-state index contributed by atoms with van der Waals surface area (Å²) in [7, 11) is 0. The molecule has 1 aliphatic rings. The Bertz CT molecular complexity index is 1210. The molecule has 3 aromatic rings. The van der Waals surface area contributed by atoms with Crippen molar-refractivity contribution < 1.29 is 19.4 Å². The van der Waals surface area contributed by atoms with Gasteiger partial charge in [-0.15, -0.1) is 0 Å². The summed E-state index contributed by atoms with van der Waals surface area (Å²) in [5, 5.41) is 11.8. The summed E-state index contributed by atoms with van der Waals surface area (Å²) in [5.74, 6) is 0.285. The number of halogens is 1. The van der Waals surface area contributed by atoms with E-state index < -0.39 is 11.7 Å². The second-order valence-corrected chi connectivity index (χ2v) is 10.9. The van der Waals surface area contributed by atoms with Gasteiger partial charge in [0.15, 0.2) is 5.60 Å². The Morgan fingerprint density at radius 2 is 1.87 bits per heavy atom. The van der Waals surface area contributed by atoms with Crippen molar-refractivity contribution in [2.45, 2.75) is 70.7 Å². The molecule has 0 amide bonds. The topological polar surface area (TPSA) is 59.0 Å². The number of rotatable bonds is 10. The molecular weight excluding hydrogens is 498 g/mol. The molecule has 38 heavy (non-hydrogen) atoms. The molecule has 0 fully saturated rings. The van der Waals surface area contributed by atoms with Gasteiger partial charge in [-0.2, -0.15) is 0 Å². The number of carbonyl (C=O) groups is 1. The molecule has 202 valence electrons. The molecule has 5 nitrogen and oxygen atoms in total. The van der Waals surface area contributed by atoms with Crippen LogP contribution in [0.25, 0.3) is 0 Å². The number of aliphatic hydroxyl groups excluding tert-OH is 1. The van der Waals surface area contributed by atoms with Gasteiger partial charge in [0, 0.05) is 24.2 Å². The van der Waals surface area contributed by atoms with E-state index in [1.165, 1.54) is 16.7 Å². The number of esters is 1. The molecule has 1 unspecified atom stereocenters. The maximum atomic E-state index is 12.4. The minimum absolute atomic E-state index is 0.235. The van der Waals surface area contributed by atoms with Gasteiger partial charge >= 0.3 is 5.97 Å². The molecule has 0 saturated heterocycles. The molecule has 0 spiro atoms. The zero-order chi connectivity index (χ0) is 27.1. The molecule has 0 aliphatic heterocycles. The molecule has 0 heterocycles. The van der Waals surface area contributed by atoms with E-state index in [9.17, 15) is 9.90 Å². The summed E-state index contributed by atoms with van der Waals surface area (Å²) >= 11 is 6.21. The highest BCUT2D eigenvalue weighted by Gasteiger charge is 2.32. The number of hydrogen-bond acceptors (Lipinski definition) is 5. The van der Waals surface area contributed by atoms with Crippen molar-refractivity contribution in [3.05, 3.63) is 100 Å². The molecule has 6 heteroatoms. The van der Waals surface area contributed by atoms with E-state index in [1.54, 1.807) is 20.8 Å². The van der Waals surface area contributed by atoms with E-state index in [4.69, 9.17) is 21.1 Å². The Kier molecular flexibility index (Phi) is 9.48. The lowest BCUT2D eigenvalue weighted by molar-refractivity contribution is -0.158. The maximum absolute atomic E-state index is 12.4. The highest BCUT2D eigenvalue weighted by Crippen LogP contribution is 2.31. The first-order valence-electron chi connectivity index (χ1n) is 13.4. The number of ether oxygens (including phenoxy) is 2. The Balaban J connectivity index is 1.57. The minimum atomic E-state index is -1.07. The van der Waals surface area contributed by atoms with Gasteiger partial charge in [-0.05, 0) is 93.0 Å². The molecule has 4 rings (SSSR count). The van der Waals surface area contributed by atoms with Gasteiger partial charge in [-0.3, -0.25) is 4.90 Å². The fourth-order valence-corrected chi connectivity index (χ4v) is 5.34. The minimum Gasteiger partial charge on any atom is -0.476 e. The molecule has 0 aromatic heterocycles. The van der Waals surface area contributed by atoms with E-state index in [0.717, 1.165) is 37.8 Å². The van der Waals surface area contributed by atoms with Crippen LogP contribution in [0.15, 0.2) is 72.8 Å². The van der Waals surface area contributed by atoms with E-state index in [-0.39, 0.29) is 12.0 Å². The molecule has 2 atom stereocenters. The monoisotopic (exact) mass is 535 g/mol. The quantitative estimate of drug-likeness (QED) is 0.236. The highest BCUT2D eigenvalue weighted by atomic mass is 35.5. The highest BCUT2D eigenvalue weighted by molar-refractivity contribution is 6.30. The third-order valence-electron chi connectivity index (χ3n) is 7.14. The van der Waals surface area contributed by atoms with E-state index in [0.29, 0.717) is 23.9 Å². The smallest absolute Gasteiger partial charge is 0.349 e. The summed E-state index contributed by atoms with van der Waals surface area (Å²) < 4.78 is 11.3. The van der Waals surface area contributed by atoms with Gasteiger partial charge in [-0.25, -0.2) is 4.79 Å². The van der Waals surface area contributed by atoms with Crippen molar-refractivity contribution in [3.63, 3.8) is 0 Å². The fraction of sp³-hybridized carbons (Fsp3) is 0.406. The summed E-state index contributed by atoms with van der Waals surface area (Å²) in [5.41, 5.74) is 3.49. The van der Waals surface area contributed by atoms with Crippen molar-refractivity contribution in [2.24, 2.45) is 0 Å². The largest absolute Gasteiger partial charge is 0.476 e. The van der Waals surface area contributed by atoms with Crippen molar-refractivity contribution in [1.29, 1.82) is 0 Å². The SMILES string of the molecule is CCOC(=O)C(C)(C)Oc1ccc2c(c1)CC(N(Cc1ccccc1)C[C@H](O)c1cccc(Cl)c1)CCC2. The number of nitrogens with zero attached hydrogens (tertiary/aromatic N) is 1. The summed E-state index contributed by atoms with van der Waals surface area (Å²) in [4.78, 5) is 14.8. The molecule has 0 bridgehead atoms. The average Bonchev–Trinajstić information content (AvgIpc) is 3.11. The lowest BCUT2D eigenvalue weighted by Gasteiger charge is -2.33. The van der Waals surface area contributed by atoms with Crippen LogP contribution in [0.1, 0.15) is 62.0 Å². The van der Waals surface area contributed by atoms with Gasteiger partial charge < -0.3 is 14.6 Å². The average molecular weight is 536 g/mol. The van der Waals surface area contributed by atoms with E-state index >= 15 is 0 Å². The van der Waals surface area contributed by atoms with Gasteiger partial charge in [-0.1, -0.05) is 60.1 Å². The molecule has 3 aromatic carbocycles. The first-order chi connectivity index (χ1) is 18.2. The van der Waals surface area contributed by atoms with Crippen molar-refractivity contribution in [2.75, 3.05) is 13.2 Å². The number of aliphatic hydroxyl groups is 1. The Labute approximate surface area is 231 Å². The molecule has 0 radical (unpaired) electrons. The third-order valence-corrected chi connectivity index (χ3v) is 7.38. The van der Waals surface area contributed by atoms with Crippen LogP contribution in [0.2, 0.25) is 5.02 Å².